The van der Waals surface area contributed by atoms with Crippen molar-refractivity contribution in [3.63, 3.8) is 0 Å². The molecule has 1 aliphatic rings. The predicted octanol–water partition coefficient (Wildman–Crippen LogP) is 1.04. The van der Waals surface area contributed by atoms with Crippen LogP contribution >= 0.6 is 0 Å². The molecule has 0 bridgehead atoms. The Morgan fingerprint density at radius 2 is 2.37 bits per heavy atom. The molecule has 0 saturated carbocycles. The van der Waals surface area contributed by atoms with Crippen LogP contribution in [0.5, 0.6) is 0 Å². The fraction of sp³-hybridized carbons (Fsp3) is 0.692. The first-order valence-electron chi connectivity index (χ1n) is 6.74. The van der Waals surface area contributed by atoms with E-state index >= 15 is 0 Å². The van der Waals surface area contributed by atoms with Crippen molar-refractivity contribution in [2.45, 2.75) is 39.3 Å². The molecule has 1 atom stereocenters. The number of likely N-dealkylation sites (N-methyl/N-ethyl adjacent to an activating group) is 1. The van der Waals surface area contributed by atoms with Crippen LogP contribution in [0.4, 0.5) is 5.69 Å². The molecule has 6 nitrogen and oxygen atoms in total. The van der Waals surface area contributed by atoms with Crippen molar-refractivity contribution in [3.8, 4) is 0 Å². The minimum Gasteiger partial charge on any atom is -0.395 e. The van der Waals surface area contributed by atoms with E-state index in [4.69, 9.17) is 10.5 Å². The van der Waals surface area contributed by atoms with Crippen LogP contribution in [0.25, 0.3) is 0 Å². The first kappa shape index (κ1) is 13.9. The van der Waals surface area contributed by atoms with Gasteiger partial charge in [-0.1, -0.05) is 0 Å². The smallest absolute Gasteiger partial charge is 0.274 e. The number of hydrogen-bond acceptors (Lipinski definition) is 4. The fourth-order valence-electron chi connectivity index (χ4n) is 2.41. The highest BCUT2D eigenvalue weighted by molar-refractivity contribution is 5.97. The van der Waals surface area contributed by atoms with Gasteiger partial charge in [-0.05, 0) is 26.7 Å². The van der Waals surface area contributed by atoms with E-state index in [0.29, 0.717) is 30.2 Å². The molecule has 2 rings (SSSR count). The molecule has 6 heteroatoms. The number of aryl methyl sites for hydroxylation is 2. The highest BCUT2D eigenvalue weighted by atomic mass is 16.5. The van der Waals surface area contributed by atoms with E-state index in [-0.39, 0.29) is 12.0 Å². The Labute approximate surface area is 113 Å². The molecule has 1 aromatic rings. The van der Waals surface area contributed by atoms with Crippen molar-refractivity contribution in [3.05, 3.63) is 11.4 Å². The second kappa shape index (κ2) is 5.61. The van der Waals surface area contributed by atoms with Gasteiger partial charge in [-0.2, -0.15) is 5.10 Å². The molecule has 1 saturated heterocycles. The number of rotatable bonds is 4. The Balaban J connectivity index is 2.13. The Bertz CT molecular complexity index is 463. The van der Waals surface area contributed by atoms with Gasteiger partial charge in [0.15, 0.2) is 0 Å². The number of carbonyl (C=O) groups excluding carboxylic acids is 1. The predicted molar refractivity (Wildman–Crippen MR) is 73.0 cm³/mol. The monoisotopic (exact) mass is 266 g/mol. The summed E-state index contributed by atoms with van der Waals surface area (Å²) in [4.78, 5) is 14.2. The Morgan fingerprint density at radius 1 is 1.63 bits per heavy atom. The van der Waals surface area contributed by atoms with Crippen molar-refractivity contribution in [1.82, 2.24) is 14.7 Å². The Hall–Kier alpha value is -1.56. The van der Waals surface area contributed by atoms with E-state index in [1.165, 1.54) is 0 Å². The third-order valence-corrected chi connectivity index (χ3v) is 3.52. The molecule has 2 heterocycles. The van der Waals surface area contributed by atoms with Crippen LogP contribution < -0.4 is 5.73 Å². The van der Waals surface area contributed by atoms with Crippen molar-refractivity contribution < 1.29 is 9.53 Å². The lowest BCUT2D eigenvalue weighted by molar-refractivity contribution is 0.0579. The highest BCUT2D eigenvalue weighted by Crippen LogP contribution is 2.19. The van der Waals surface area contributed by atoms with Crippen molar-refractivity contribution in [2.75, 3.05) is 25.9 Å². The van der Waals surface area contributed by atoms with E-state index in [1.54, 1.807) is 16.6 Å². The summed E-state index contributed by atoms with van der Waals surface area (Å²) in [6.07, 6.45) is 2.23. The number of amides is 1. The summed E-state index contributed by atoms with van der Waals surface area (Å²) in [6, 6.07) is 0. The van der Waals surface area contributed by atoms with Crippen molar-refractivity contribution >= 4 is 11.6 Å². The van der Waals surface area contributed by atoms with Crippen LogP contribution in [0.3, 0.4) is 0 Å². The molecule has 0 aromatic carbocycles. The van der Waals surface area contributed by atoms with Crippen LogP contribution in [0.1, 0.15) is 35.9 Å². The minimum absolute atomic E-state index is 0.0875. The van der Waals surface area contributed by atoms with Crippen molar-refractivity contribution in [2.24, 2.45) is 0 Å². The Kier molecular flexibility index (Phi) is 4.09. The summed E-state index contributed by atoms with van der Waals surface area (Å²) in [5.41, 5.74) is 7.63. The molecule has 1 fully saturated rings. The van der Waals surface area contributed by atoms with E-state index < -0.39 is 0 Å². The van der Waals surface area contributed by atoms with Gasteiger partial charge in [-0.25, -0.2) is 0 Å². The molecule has 0 aliphatic carbocycles. The number of carbonyl (C=O) groups is 1. The number of aromatic nitrogens is 2. The molecule has 1 aromatic heterocycles. The molecule has 19 heavy (non-hydrogen) atoms. The molecule has 2 N–H and O–H groups in total. The molecule has 106 valence electrons. The standard InChI is InChI=1S/C13H22N4O2/c1-4-17-12(11(14)9(2)15-17)13(18)16(3)8-10-6-5-7-19-10/h10H,4-8,14H2,1-3H3. The average molecular weight is 266 g/mol. The van der Waals surface area contributed by atoms with Crippen LogP contribution in [-0.4, -0.2) is 46.9 Å². The third-order valence-electron chi connectivity index (χ3n) is 3.52. The maximum Gasteiger partial charge on any atom is 0.274 e. The van der Waals surface area contributed by atoms with Crippen LogP contribution in [0.2, 0.25) is 0 Å². The minimum atomic E-state index is -0.0875. The van der Waals surface area contributed by atoms with Gasteiger partial charge >= 0.3 is 0 Å². The normalized spacial score (nSPS) is 18.8. The first-order chi connectivity index (χ1) is 9.04. The zero-order chi connectivity index (χ0) is 14.0. The molecule has 1 unspecified atom stereocenters. The maximum atomic E-state index is 12.5. The number of nitrogens with two attached hydrogens (primary N) is 1. The molecular formula is C13H22N4O2. The molecule has 0 spiro atoms. The SMILES string of the molecule is CCn1nc(C)c(N)c1C(=O)N(C)CC1CCCO1. The quantitative estimate of drug-likeness (QED) is 0.884. The maximum absolute atomic E-state index is 12.5. The third kappa shape index (κ3) is 2.73. The van der Waals surface area contributed by atoms with Gasteiger partial charge in [0.05, 0.1) is 17.5 Å². The lowest BCUT2D eigenvalue weighted by Gasteiger charge is -2.21. The second-order valence-corrected chi connectivity index (χ2v) is 4.98. The van der Waals surface area contributed by atoms with Gasteiger partial charge in [0.1, 0.15) is 5.69 Å². The van der Waals surface area contributed by atoms with Gasteiger partial charge in [-0.15, -0.1) is 0 Å². The highest BCUT2D eigenvalue weighted by Gasteiger charge is 2.25. The summed E-state index contributed by atoms with van der Waals surface area (Å²) in [7, 11) is 1.78. The zero-order valence-electron chi connectivity index (χ0n) is 11.8. The number of nitrogen functional groups attached to an aromatic ring is 1. The number of hydrogen-bond donors (Lipinski definition) is 1. The topological polar surface area (TPSA) is 73.4 Å². The van der Waals surface area contributed by atoms with E-state index in [9.17, 15) is 4.79 Å². The van der Waals surface area contributed by atoms with Crippen LogP contribution in [-0.2, 0) is 11.3 Å². The van der Waals surface area contributed by atoms with E-state index in [0.717, 1.165) is 19.4 Å². The number of nitrogens with zero attached hydrogens (tertiary/aromatic N) is 3. The summed E-state index contributed by atoms with van der Waals surface area (Å²) in [5.74, 6) is -0.0875. The van der Waals surface area contributed by atoms with Gasteiger partial charge in [0, 0.05) is 26.7 Å². The lowest BCUT2D eigenvalue weighted by atomic mass is 10.2. The Morgan fingerprint density at radius 3 is 2.95 bits per heavy atom. The number of ether oxygens (including phenoxy) is 1. The van der Waals surface area contributed by atoms with E-state index in [1.807, 2.05) is 13.8 Å². The molecule has 1 amide bonds. The van der Waals surface area contributed by atoms with Crippen LogP contribution in [0.15, 0.2) is 0 Å². The molecule has 1 aliphatic heterocycles. The average Bonchev–Trinajstić information content (AvgIpc) is 2.98. The largest absolute Gasteiger partial charge is 0.395 e. The molecule has 0 radical (unpaired) electrons. The van der Waals surface area contributed by atoms with Gasteiger partial charge in [0.2, 0.25) is 0 Å². The van der Waals surface area contributed by atoms with Crippen LogP contribution in [0, 0.1) is 6.92 Å². The summed E-state index contributed by atoms with van der Waals surface area (Å²) < 4.78 is 7.22. The van der Waals surface area contributed by atoms with Gasteiger partial charge in [0.25, 0.3) is 5.91 Å². The summed E-state index contributed by atoms with van der Waals surface area (Å²) >= 11 is 0. The van der Waals surface area contributed by atoms with Crippen molar-refractivity contribution in [1.29, 1.82) is 0 Å². The van der Waals surface area contributed by atoms with Gasteiger partial charge < -0.3 is 15.4 Å². The zero-order valence-corrected chi connectivity index (χ0v) is 11.8. The van der Waals surface area contributed by atoms with E-state index in [2.05, 4.69) is 5.10 Å². The second-order valence-electron chi connectivity index (χ2n) is 4.98. The lowest BCUT2D eigenvalue weighted by Crippen LogP contribution is -2.35. The summed E-state index contributed by atoms with van der Waals surface area (Å²) in [5, 5.41) is 4.28. The first-order valence-corrected chi connectivity index (χ1v) is 6.74. The number of anilines is 1. The van der Waals surface area contributed by atoms with Gasteiger partial charge in [-0.3, -0.25) is 9.48 Å². The molecular weight excluding hydrogens is 244 g/mol. The summed E-state index contributed by atoms with van der Waals surface area (Å²) in [6.45, 7) is 5.79. The fourth-order valence-corrected chi connectivity index (χ4v) is 2.41.